The average molecular weight is 248 g/mol. The Morgan fingerprint density at radius 1 is 1.56 bits per heavy atom. The van der Waals surface area contributed by atoms with E-state index in [0.717, 1.165) is 23.3 Å². The number of amides is 1. The van der Waals surface area contributed by atoms with E-state index in [1.54, 1.807) is 12.0 Å². The number of nitrogens with two attached hydrogens (primary N) is 1. The number of carbonyl (C=O) groups is 1. The summed E-state index contributed by atoms with van der Waals surface area (Å²) in [6.07, 6.45) is 0.814. The van der Waals surface area contributed by atoms with Gasteiger partial charge in [-0.3, -0.25) is 4.79 Å². The quantitative estimate of drug-likeness (QED) is 0.874. The lowest BCUT2D eigenvalue weighted by molar-refractivity contribution is -0.131. The summed E-state index contributed by atoms with van der Waals surface area (Å²) in [4.78, 5) is 13.7. The molecule has 1 aromatic carbocycles. The van der Waals surface area contributed by atoms with Crippen LogP contribution < -0.4 is 10.5 Å². The summed E-state index contributed by atoms with van der Waals surface area (Å²) in [5, 5.41) is 0. The normalized spacial score (nSPS) is 21.6. The minimum Gasteiger partial charge on any atom is -0.496 e. The lowest BCUT2D eigenvalue weighted by Gasteiger charge is -2.19. The Balaban J connectivity index is 2.08. The zero-order valence-electron chi connectivity index (χ0n) is 11.1. The van der Waals surface area contributed by atoms with E-state index in [1.807, 2.05) is 26.1 Å². The second kappa shape index (κ2) is 4.98. The van der Waals surface area contributed by atoms with Crippen LogP contribution in [0.15, 0.2) is 18.2 Å². The second-order valence-corrected chi connectivity index (χ2v) is 5.02. The van der Waals surface area contributed by atoms with Gasteiger partial charge in [0.15, 0.2) is 0 Å². The largest absolute Gasteiger partial charge is 0.496 e. The minimum absolute atomic E-state index is 0.0193. The molecule has 2 N–H and O–H groups in total. The molecule has 1 amide bonds. The lowest BCUT2D eigenvalue weighted by Crippen LogP contribution is -2.29. The molecule has 2 rings (SSSR count). The van der Waals surface area contributed by atoms with Crippen molar-refractivity contribution in [2.75, 3.05) is 14.2 Å². The third kappa shape index (κ3) is 2.64. The third-order valence-electron chi connectivity index (χ3n) is 3.38. The van der Waals surface area contributed by atoms with Crippen LogP contribution in [0.2, 0.25) is 0 Å². The van der Waals surface area contributed by atoms with Crippen LogP contribution in [0.5, 0.6) is 5.75 Å². The predicted molar refractivity (Wildman–Crippen MR) is 70.3 cm³/mol. The van der Waals surface area contributed by atoms with Crippen LogP contribution in [-0.2, 0) is 11.3 Å². The number of ether oxygens (including phenoxy) is 1. The molecular weight excluding hydrogens is 228 g/mol. The van der Waals surface area contributed by atoms with Gasteiger partial charge in [-0.05, 0) is 19.4 Å². The summed E-state index contributed by atoms with van der Waals surface area (Å²) in [5.41, 5.74) is 7.90. The fourth-order valence-corrected chi connectivity index (χ4v) is 2.15. The molecule has 1 fully saturated rings. The van der Waals surface area contributed by atoms with Gasteiger partial charge in [-0.25, -0.2) is 0 Å². The molecule has 98 valence electrons. The van der Waals surface area contributed by atoms with Crippen molar-refractivity contribution in [3.63, 3.8) is 0 Å². The van der Waals surface area contributed by atoms with Gasteiger partial charge in [0.05, 0.1) is 13.0 Å². The number of aryl methyl sites for hydroxylation is 1. The molecule has 18 heavy (non-hydrogen) atoms. The van der Waals surface area contributed by atoms with E-state index in [-0.39, 0.29) is 17.9 Å². The van der Waals surface area contributed by atoms with Crippen molar-refractivity contribution in [2.45, 2.75) is 25.9 Å². The Morgan fingerprint density at radius 3 is 2.78 bits per heavy atom. The van der Waals surface area contributed by atoms with E-state index in [2.05, 4.69) is 6.07 Å². The summed E-state index contributed by atoms with van der Waals surface area (Å²) in [6.45, 7) is 2.59. The van der Waals surface area contributed by atoms with Crippen LogP contribution in [0.25, 0.3) is 0 Å². The summed E-state index contributed by atoms with van der Waals surface area (Å²) >= 11 is 0. The van der Waals surface area contributed by atoms with Gasteiger partial charge in [0, 0.05) is 25.2 Å². The number of rotatable bonds is 4. The first-order valence-corrected chi connectivity index (χ1v) is 6.17. The zero-order valence-corrected chi connectivity index (χ0v) is 11.1. The van der Waals surface area contributed by atoms with Gasteiger partial charge in [0.1, 0.15) is 5.75 Å². The maximum Gasteiger partial charge on any atom is 0.227 e. The molecule has 0 aliphatic heterocycles. The monoisotopic (exact) mass is 248 g/mol. The summed E-state index contributed by atoms with van der Waals surface area (Å²) in [6, 6.07) is 6.04. The molecule has 0 aromatic heterocycles. The Bertz CT molecular complexity index is 459. The second-order valence-electron chi connectivity index (χ2n) is 5.02. The maximum atomic E-state index is 12.0. The van der Waals surface area contributed by atoms with Crippen molar-refractivity contribution in [3.8, 4) is 5.75 Å². The Hall–Kier alpha value is -1.55. The Labute approximate surface area is 108 Å². The molecule has 0 saturated heterocycles. The predicted octanol–water partition coefficient (Wildman–Crippen LogP) is 1.31. The van der Waals surface area contributed by atoms with Gasteiger partial charge < -0.3 is 15.4 Å². The fraction of sp³-hybridized carbons (Fsp3) is 0.500. The summed E-state index contributed by atoms with van der Waals surface area (Å²) in [7, 11) is 3.46. The number of methoxy groups -OCH3 is 1. The van der Waals surface area contributed by atoms with Crippen LogP contribution in [-0.4, -0.2) is 31.0 Å². The van der Waals surface area contributed by atoms with Crippen molar-refractivity contribution in [3.05, 3.63) is 29.3 Å². The lowest BCUT2D eigenvalue weighted by atomic mass is 10.1. The van der Waals surface area contributed by atoms with Crippen molar-refractivity contribution in [2.24, 2.45) is 11.7 Å². The molecule has 4 heteroatoms. The van der Waals surface area contributed by atoms with Crippen molar-refractivity contribution in [1.29, 1.82) is 0 Å². The Morgan fingerprint density at radius 2 is 2.22 bits per heavy atom. The first-order valence-electron chi connectivity index (χ1n) is 6.17. The van der Waals surface area contributed by atoms with Crippen molar-refractivity contribution in [1.82, 2.24) is 4.90 Å². The number of hydrogen-bond donors (Lipinski definition) is 1. The van der Waals surface area contributed by atoms with E-state index >= 15 is 0 Å². The number of hydrogen-bond acceptors (Lipinski definition) is 3. The van der Waals surface area contributed by atoms with Gasteiger partial charge in [-0.2, -0.15) is 0 Å². The van der Waals surface area contributed by atoms with Gasteiger partial charge in [-0.15, -0.1) is 0 Å². The van der Waals surface area contributed by atoms with Gasteiger partial charge in [0.2, 0.25) is 5.91 Å². The molecule has 0 spiro atoms. The summed E-state index contributed by atoms with van der Waals surface area (Å²) in [5.74, 6) is 0.970. The maximum absolute atomic E-state index is 12.0. The molecule has 0 bridgehead atoms. The number of benzene rings is 1. The van der Waals surface area contributed by atoms with Crippen LogP contribution in [0, 0.1) is 12.8 Å². The molecule has 0 heterocycles. The van der Waals surface area contributed by atoms with Gasteiger partial charge in [-0.1, -0.05) is 17.7 Å². The highest BCUT2D eigenvalue weighted by molar-refractivity contribution is 5.82. The molecule has 1 aliphatic carbocycles. The molecule has 1 saturated carbocycles. The van der Waals surface area contributed by atoms with Crippen LogP contribution in [0.3, 0.4) is 0 Å². The first-order chi connectivity index (χ1) is 8.52. The van der Waals surface area contributed by atoms with E-state index in [9.17, 15) is 4.79 Å². The zero-order chi connectivity index (χ0) is 13.3. The van der Waals surface area contributed by atoms with Gasteiger partial charge >= 0.3 is 0 Å². The highest BCUT2D eigenvalue weighted by atomic mass is 16.5. The van der Waals surface area contributed by atoms with E-state index in [1.165, 1.54) is 0 Å². The smallest absolute Gasteiger partial charge is 0.227 e. The van der Waals surface area contributed by atoms with Crippen molar-refractivity contribution < 1.29 is 9.53 Å². The molecule has 2 unspecified atom stereocenters. The van der Waals surface area contributed by atoms with Crippen molar-refractivity contribution >= 4 is 5.91 Å². The number of carbonyl (C=O) groups excluding carboxylic acids is 1. The standard InChI is InChI=1S/C14H20N2O2/c1-9-4-5-13(18-3)10(6-9)8-16(2)14(17)11-7-12(11)15/h4-6,11-12H,7-8,15H2,1-3H3. The van der Waals surface area contributed by atoms with E-state index in [0.29, 0.717) is 6.54 Å². The third-order valence-corrected chi connectivity index (χ3v) is 3.38. The highest BCUT2D eigenvalue weighted by Crippen LogP contribution is 2.30. The minimum atomic E-state index is 0.0193. The first kappa shape index (κ1) is 12.9. The Kier molecular flexibility index (Phi) is 3.57. The molecular formula is C14H20N2O2. The molecule has 1 aromatic rings. The van der Waals surface area contributed by atoms with Crippen LogP contribution in [0.1, 0.15) is 17.5 Å². The fourth-order valence-electron chi connectivity index (χ4n) is 2.15. The molecule has 4 nitrogen and oxygen atoms in total. The molecule has 2 atom stereocenters. The average Bonchev–Trinajstić information content (AvgIpc) is 3.05. The van der Waals surface area contributed by atoms with Gasteiger partial charge in [0.25, 0.3) is 0 Å². The SMILES string of the molecule is COc1ccc(C)cc1CN(C)C(=O)C1CC1N. The molecule has 0 radical (unpaired) electrons. The van der Waals surface area contributed by atoms with Crippen LogP contribution in [0.4, 0.5) is 0 Å². The number of nitrogens with zero attached hydrogens (tertiary/aromatic N) is 1. The molecule has 1 aliphatic rings. The highest BCUT2D eigenvalue weighted by Gasteiger charge is 2.41. The van der Waals surface area contributed by atoms with E-state index in [4.69, 9.17) is 10.5 Å². The van der Waals surface area contributed by atoms with E-state index < -0.39 is 0 Å². The summed E-state index contributed by atoms with van der Waals surface area (Å²) < 4.78 is 5.32. The topological polar surface area (TPSA) is 55.6 Å². The van der Waals surface area contributed by atoms with Crippen LogP contribution >= 0.6 is 0 Å².